The molecule has 2 heterocycles. The maximum Gasteiger partial charge on any atom is 0.409 e. The van der Waals surface area contributed by atoms with E-state index in [-0.39, 0.29) is 24.5 Å². The molecular weight excluding hydrogens is 429 g/mol. The number of rotatable bonds is 6. The first kappa shape index (κ1) is 23.5. The third-order valence-electron chi connectivity index (χ3n) is 5.31. The van der Waals surface area contributed by atoms with Gasteiger partial charge in [-0.25, -0.2) is 9.18 Å². The third kappa shape index (κ3) is 5.57. The summed E-state index contributed by atoms with van der Waals surface area (Å²) in [5.41, 5.74) is 5.27. The number of nitriles is 2. The fourth-order valence-electron chi connectivity index (χ4n) is 3.39. The maximum absolute atomic E-state index is 13.2. The lowest BCUT2D eigenvalue weighted by Crippen LogP contribution is -2.45. The normalized spacial score (nSPS) is 18.2. The molecule has 2 aromatic rings. The highest BCUT2D eigenvalue weighted by atomic mass is 19.1. The summed E-state index contributed by atoms with van der Waals surface area (Å²) in [6, 6.07) is 9.23. The number of likely N-dealkylation sites (tertiary alicyclic amines) is 1. The van der Waals surface area contributed by atoms with Gasteiger partial charge in [0.05, 0.1) is 29.5 Å². The highest BCUT2D eigenvalue weighted by Crippen LogP contribution is 2.30. The maximum atomic E-state index is 13.2. The number of halogens is 1. The van der Waals surface area contributed by atoms with Crippen LogP contribution in [0.5, 0.6) is 0 Å². The van der Waals surface area contributed by atoms with Crippen LogP contribution in [0.3, 0.4) is 0 Å². The largest absolute Gasteiger partial charge is 0.448 e. The Hall–Kier alpha value is -4.12. The molecule has 1 unspecified atom stereocenters. The van der Waals surface area contributed by atoms with E-state index in [0.717, 1.165) is 0 Å². The van der Waals surface area contributed by atoms with Gasteiger partial charge >= 0.3 is 6.09 Å². The Morgan fingerprint density at radius 2 is 2.03 bits per heavy atom. The Kier molecular flexibility index (Phi) is 6.83. The van der Waals surface area contributed by atoms with Crippen LogP contribution >= 0.6 is 0 Å². The van der Waals surface area contributed by atoms with Crippen molar-refractivity contribution in [2.75, 3.05) is 25.0 Å². The van der Waals surface area contributed by atoms with Gasteiger partial charge in [-0.2, -0.15) is 15.6 Å². The molecule has 2 amide bonds. The molecule has 3 rings (SSSR count). The third-order valence-corrected chi connectivity index (χ3v) is 5.31. The van der Waals surface area contributed by atoms with Crippen LogP contribution in [-0.2, 0) is 4.74 Å². The number of carbonyl (C=O) groups excluding carboxylic acids is 2. The molecule has 3 N–H and O–H groups in total. The molecule has 172 valence electrons. The molecule has 1 aromatic heterocycles. The van der Waals surface area contributed by atoms with E-state index in [0.29, 0.717) is 18.7 Å². The summed E-state index contributed by atoms with van der Waals surface area (Å²) in [6.07, 6.45) is 1.22. The number of amides is 2. The zero-order valence-corrected chi connectivity index (χ0v) is 18.3. The first-order valence-electron chi connectivity index (χ1n) is 10.3. The van der Waals surface area contributed by atoms with E-state index in [9.17, 15) is 19.2 Å². The summed E-state index contributed by atoms with van der Waals surface area (Å²) < 4.78 is 19.9. The van der Waals surface area contributed by atoms with E-state index in [4.69, 9.17) is 15.7 Å². The van der Waals surface area contributed by atoms with E-state index in [1.54, 1.807) is 13.8 Å². The molecular formula is C22H24FN7O3. The number of hydrogen-bond donors (Lipinski definition) is 2. The van der Waals surface area contributed by atoms with E-state index in [2.05, 4.69) is 22.6 Å². The molecule has 11 heteroatoms. The number of hydrogen-bond acceptors (Lipinski definition) is 7. The molecule has 1 aromatic carbocycles. The molecule has 0 radical (unpaired) electrons. The number of anilines is 2. The van der Waals surface area contributed by atoms with Gasteiger partial charge in [0.2, 0.25) is 0 Å². The Bertz CT molecular complexity index is 1110. The standard InChI is InChI=1S/C22H24FN7O3/c1-22(2,12-25)13-33-21(32)29-8-7-14(9-24)18(11-29)30-10-17(19(26)31)20(28-30)27-16-5-3-15(23)4-6-16/h3-6,10,14,18H,7-8,11,13H2,1-2H3,(H2,26,31)(H,27,28)/t14?,18-/m1/s1. The van der Waals surface area contributed by atoms with Gasteiger partial charge in [0.15, 0.2) is 5.82 Å². The molecule has 0 saturated carbocycles. The number of primary amides is 1. The lowest BCUT2D eigenvalue weighted by molar-refractivity contribution is 0.0604. The number of carbonyl (C=O) groups is 2. The topological polar surface area (TPSA) is 150 Å². The number of nitrogens with one attached hydrogen (secondary N) is 1. The number of piperidine rings is 1. The van der Waals surface area contributed by atoms with Crippen LogP contribution in [0, 0.1) is 39.8 Å². The molecule has 33 heavy (non-hydrogen) atoms. The summed E-state index contributed by atoms with van der Waals surface area (Å²) >= 11 is 0. The SMILES string of the molecule is CC(C)(C#N)COC(=O)N1CCC(C#N)[C@H](n2cc(C(N)=O)c(Nc3ccc(F)cc3)n2)C1. The van der Waals surface area contributed by atoms with Crippen LogP contribution in [0.4, 0.5) is 20.7 Å². The van der Waals surface area contributed by atoms with Crippen molar-refractivity contribution in [3.63, 3.8) is 0 Å². The minimum Gasteiger partial charge on any atom is -0.448 e. The van der Waals surface area contributed by atoms with Crippen molar-refractivity contribution in [1.82, 2.24) is 14.7 Å². The van der Waals surface area contributed by atoms with Gasteiger partial charge in [0, 0.05) is 25.0 Å². The Morgan fingerprint density at radius 3 is 2.64 bits per heavy atom. The Balaban J connectivity index is 1.82. The van der Waals surface area contributed by atoms with E-state index < -0.39 is 35.2 Å². The first-order chi connectivity index (χ1) is 15.6. The number of aromatic nitrogens is 2. The predicted octanol–water partition coefficient (Wildman–Crippen LogP) is 2.94. The van der Waals surface area contributed by atoms with Crippen molar-refractivity contribution in [3.8, 4) is 12.1 Å². The lowest BCUT2D eigenvalue weighted by Gasteiger charge is -2.35. The van der Waals surface area contributed by atoms with Crippen molar-refractivity contribution in [2.24, 2.45) is 17.1 Å². The van der Waals surface area contributed by atoms with Crippen LogP contribution in [0.15, 0.2) is 30.5 Å². The zero-order valence-electron chi connectivity index (χ0n) is 18.3. The molecule has 0 spiro atoms. The fraction of sp³-hybridized carbons (Fsp3) is 0.409. The van der Waals surface area contributed by atoms with Crippen LogP contribution in [0.1, 0.15) is 36.7 Å². The van der Waals surface area contributed by atoms with Crippen LogP contribution in [0.25, 0.3) is 0 Å². The second-order valence-corrected chi connectivity index (χ2v) is 8.46. The quantitative estimate of drug-likeness (QED) is 0.682. The van der Waals surface area contributed by atoms with E-state index in [1.807, 2.05) is 0 Å². The van der Waals surface area contributed by atoms with Crippen LogP contribution < -0.4 is 11.1 Å². The van der Waals surface area contributed by atoms with Gasteiger partial charge in [-0.1, -0.05) is 0 Å². The van der Waals surface area contributed by atoms with Gasteiger partial charge in [0.25, 0.3) is 5.91 Å². The molecule has 1 fully saturated rings. The van der Waals surface area contributed by atoms with E-state index >= 15 is 0 Å². The minimum atomic E-state index is -0.820. The molecule has 1 saturated heterocycles. The van der Waals surface area contributed by atoms with Crippen molar-refractivity contribution >= 4 is 23.5 Å². The smallest absolute Gasteiger partial charge is 0.409 e. The summed E-state index contributed by atoms with van der Waals surface area (Å²) in [4.78, 5) is 26.0. The van der Waals surface area contributed by atoms with Gasteiger partial charge < -0.3 is 20.7 Å². The summed E-state index contributed by atoms with van der Waals surface area (Å²) in [6.45, 7) is 3.70. The average Bonchev–Trinajstić information content (AvgIpc) is 3.22. The van der Waals surface area contributed by atoms with Gasteiger partial charge in [0.1, 0.15) is 18.0 Å². The lowest BCUT2D eigenvalue weighted by atomic mass is 9.93. The molecule has 0 bridgehead atoms. The average molecular weight is 453 g/mol. The van der Waals surface area contributed by atoms with E-state index in [1.165, 1.54) is 40.0 Å². The van der Waals surface area contributed by atoms with Crippen molar-refractivity contribution in [3.05, 3.63) is 41.8 Å². The zero-order chi connectivity index (χ0) is 24.2. The number of ether oxygens (including phenoxy) is 1. The van der Waals surface area contributed by atoms with Gasteiger partial charge in [-0.15, -0.1) is 0 Å². The highest BCUT2D eigenvalue weighted by molar-refractivity contribution is 5.98. The molecule has 10 nitrogen and oxygen atoms in total. The minimum absolute atomic E-state index is 0.0650. The number of benzene rings is 1. The summed E-state index contributed by atoms with van der Waals surface area (Å²) in [5.74, 6) is -1.46. The molecule has 0 aliphatic carbocycles. The Labute approximate surface area is 190 Å². The second-order valence-electron chi connectivity index (χ2n) is 8.46. The fourth-order valence-corrected chi connectivity index (χ4v) is 3.39. The van der Waals surface area contributed by atoms with Crippen molar-refractivity contribution < 1.29 is 18.7 Å². The Morgan fingerprint density at radius 1 is 1.33 bits per heavy atom. The molecule has 2 atom stereocenters. The summed E-state index contributed by atoms with van der Waals surface area (Å²) in [7, 11) is 0. The predicted molar refractivity (Wildman–Crippen MR) is 115 cm³/mol. The second kappa shape index (κ2) is 9.57. The van der Waals surface area contributed by atoms with Crippen molar-refractivity contribution in [1.29, 1.82) is 10.5 Å². The highest BCUT2D eigenvalue weighted by Gasteiger charge is 2.35. The molecule has 1 aliphatic heterocycles. The van der Waals surface area contributed by atoms with Gasteiger partial charge in [-0.05, 0) is 44.5 Å². The first-order valence-corrected chi connectivity index (χ1v) is 10.3. The van der Waals surface area contributed by atoms with Gasteiger partial charge in [-0.3, -0.25) is 9.48 Å². The van der Waals surface area contributed by atoms with Crippen molar-refractivity contribution in [2.45, 2.75) is 26.3 Å². The number of nitrogens with zero attached hydrogens (tertiary/aromatic N) is 5. The summed E-state index contributed by atoms with van der Waals surface area (Å²) in [5, 5.41) is 26.1. The van der Waals surface area contributed by atoms with Crippen LogP contribution in [-0.4, -0.2) is 46.4 Å². The van der Waals surface area contributed by atoms with Crippen LogP contribution in [0.2, 0.25) is 0 Å². The number of nitrogens with two attached hydrogens (primary N) is 1. The molecule has 1 aliphatic rings. The monoisotopic (exact) mass is 453 g/mol.